The van der Waals surface area contributed by atoms with E-state index in [2.05, 4.69) is 31.0 Å². The summed E-state index contributed by atoms with van der Waals surface area (Å²) in [6.45, 7) is 3.74. The minimum Gasteiger partial charge on any atom is -0.484 e. The molecule has 10 nitrogen and oxygen atoms in total. The molecule has 0 aliphatic rings. The number of hydrogen-bond donors (Lipinski definition) is 2. The van der Waals surface area contributed by atoms with E-state index in [0.29, 0.717) is 21.8 Å². The number of amides is 2. The molecule has 2 amide bonds. The lowest BCUT2D eigenvalue weighted by Crippen LogP contribution is -2.20. The smallest absolute Gasteiger partial charge is 0.264 e. The van der Waals surface area contributed by atoms with Crippen molar-refractivity contribution in [1.29, 1.82) is 0 Å². The van der Waals surface area contributed by atoms with Crippen molar-refractivity contribution >= 4 is 44.8 Å². The van der Waals surface area contributed by atoms with Crippen molar-refractivity contribution in [3.05, 3.63) is 69.7 Å². The second kappa shape index (κ2) is 13.6. The molecule has 4 rings (SSSR count). The molecule has 38 heavy (non-hydrogen) atoms. The van der Waals surface area contributed by atoms with Crippen molar-refractivity contribution < 1.29 is 19.1 Å². The highest BCUT2D eigenvalue weighted by Gasteiger charge is 2.11. The fraction of sp³-hybridized carbons (Fsp3) is 0.308. The number of hydrogen-bond acceptors (Lipinski definition) is 10. The van der Waals surface area contributed by atoms with Gasteiger partial charge < -0.3 is 9.47 Å². The van der Waals surface area contributed by atoms with Crippen LogP contribution in [0.2, 0.25) is 0 Å². The van der Waals surface area contributed by atoms with Crippen LogP contribution in [-0.2, 0) is 22.4 Å². The van der Waals surface area contributed by atoms with Crippen LogP contribution in [0.5, 0.6) is 11.5 Å². The molecule has 198 valence electrons. The van der Waals surface area contributed by atoms with Crippen molar-refractivity contribution in [2.75, 3.05) is 23.8 Å². The number of aryl methyl sites for hydroxylation is 4. The van der Waals surface area contributed by atoms with E-state index in [1.54, 1.807) is 0 Å². The quantitative estimate of drug-likeness (QED) is 0.230. The number of nitrogens with one attached hydrogen (secondary N) is 2. The summed E-state index contributed by atoms with van der Waals surface area (Å²) < 4.78 is 11.0. The number of rotatable bonds is 13. The lowest BCUT2D eigenvalue weighted by atomic mass is 10.2. The van der Waals surface area contributed by atoms with Gasteiger partial charge in [-0.15, -0.1) is 20.4 Å². The third kappa shape index (κ3) is 8.89. The summed E-state index contributed by atoms with van der Waals surface area (Å²) in [5.74, 6) is 0.732. The van der Waals surface area contributed by atoms with Crippen LogP contribution >= 0.6 is 22.7 Å². The lowest BCUT2D eigenvalue weighted by molar-refractivity contribution is -0.118. The zero-order valence-corrected chi connectivity index (χ0v) is 22.7. The number of anilines is 2. The van der Waals surface area contributed by atoms with E-state index in [-0.39, 0.29) is 25.0 Å². The van der Waals surface area contributed by atoms with Gasteiger partial charge in [0.25, 0.3) is 11.8 Å². The van der Waals surface area contributed by atoms with Crippen molar-refractivity contribution in [2.24, 2.45) is 0 Å². The third-order valence-corrected chi connectivity index (χ3v) is 6.97. The number of benzene rings is 2. The number of ether oxygens (including phenoxy) is 2. The number of nitrogens with zero attached hydrogens (tertiary/aromatic N) is 4. The van der Waals surface area contributed by atoms with Crippen LogP contribution in [0.3, 0.4) is 0 Å². The largest absolute Gasteiger partial charge is 0.484 e. The summed E-state index contributed by atoms with van der Waals surface area (Å²) in [4.78, 5) is 24.3. The number of carbonyl (C=O) groups excluding carboxylic acids is 2. The summed E-state index contributed by atoms with van der Waals surface area (Å²) in [6.07, 6.45) is 3.24. The van der Waals surface area contributed by atoms with Crippen molar-refractivity contribution in [1.82, 2.24) is 20.4 Å². The fourth-order valence-electron chi connectivity index (χ4n) is 3.38. The molecule has 0 aliphatic heterocycles. The van der Waals surface area contributed by atoms with Crippen LogP contribution < -0.4 is 20.1 Å². The maximum absolute atomic E-state index is 12.1. The van der Waals surface area contributed by atoms with Gasteiger partial charge in [-0.3, -0.25) is 20.2 Å². The average Bonchev–Trinajstić information content (AvgIpc) is 3.53. The molecule has 0 spiro atoms. The molecule has 4 aromatic rings. The second-order valence-electron chi connectivity index (χ2n) is 8.52. The van der Waals surface area contributed by atoms with E-state index in [9.17, 15) is 9.59 Å². The van der Waals surface area contributed by atoms with Crippen LogP contribution in [0.25, 0.3) is 0 Å². The summed E-state index contributed by atoms with van der Waals surface area (Å²) >= 11 is 2.70. The third-order valence-electron chi connectivity index (χ3n) is 5.18. The van der Waals surface area contributed by atoms with Gasteiger partial charge in [-0.05, 0) is 62.1 Å². The van der Waals surface area contributed by atoms with Gasteiger partial charge in [-0.1, -0.05) is 46.9 Å². The molecule has 2 N–H and O–H groups in total. The molecular weight excluding hydrogens is 524 g/mol. The van der Waals surface area contributed by atoms with E-state index < -0.39 is 0 Å². The molecular formula is C26H28N6O4S2. The monoisotopic (exact) mass is 552 g/mol. The summed E-state index contributed by atoms with van der Waals surface area (Å²) in [7, 11) is 0. The Kier molecular flexibility index (Phi) is 9.71. The van der Waals surface area contributed by atoms with E-state index in [1.807, 2.05) is 62.4 Å². The van der Waals surface area contributed by atoms with Gasteiger partial charge in [0.1, 0.15) is 21.5 Å². The first-order valence-electron chi connectivity index (χ1n) is 12.1. The minimum absolute atomic E-state index is 0.0948. The van der Waals surface area contributed by atoms with Gasteiger partial charge in [0.2, 0.25) is 10.3 Å². The van der Waals surface area contributed by atoms with Crippen LogP contribution in [0.4, 0.5) is 10.3 Å². The normalized spacial score (nSPS) is 10.7. The molecule has 2 heterocycles. The highest BCUT2D eigenvalue weighted by molar-refractivity contribution is 7.15. The average molecular weight is 553 g/mol. The van der Waals surface area contributed by atoms with Gasteiger partial charge in [-0.25, -0.2) is 0 Å². The SMILES string of the molecule is Cc1cccc(OCC(=O)Nc2nnc(CCCCc3nnc(NC(=O)COc4cccc(C)c4)s3)s2)c1. The molecule has 0 aliphatic carbocycles. The number of carbonyl (C=O) groups is 2. The summed E-state index contributed by atoms with van der Waals surface area (Å²) in [5.41, 5.74) is 2.13. The van der Waals surface area contributed by atoms with Crippen LogP contribution in [0, 0.1) is 13.8 Å². The first-order chi connectivity index (χ1) is 18.4. The van der Waals surface area contributed by atoms with E-state index in [4.69, 9.17) is 9.47 Å². The van der Waals surface area contributed by atoms with E-state index >= 15 is 0 Å². The van der Waals surface area contributed by atoms with Crippen molar-refractivity contribution in [2.45, 2.75) is 39.5 Å². The van der Waals surface area contributed by atoms with Crippen LogP contribution in [0.15, 0.2) is 48.5 Å². The molecule has 0 bridgehead atoms. The molecule has 12 heteroatoms. The standard InChI is InChI=1S/C26H28N6O4S2/c1-17-7-5-9-19(13-17)35-15-21(33)27-25-31-29-23(37-25)11-3-4-12-24-30-32-26(38-24)28-22(34)16-36-20-10-6-8-18(2)14-20/h5-10,13-14H,3-4,11-12,15-16H2,1-2H3,(H,27,31,33)(H,28,32,34). The predicted octanol–water partition coefficient (Wildman–Crippen LogP) is 4.61. The molecule has 0 saturated carbocycles. The maximum atomic E-state index is 12.1. The Balaban J connectivity index is 1.11. The zero-order chi connectivity index (χ0) is 26.7. The second-order valence-corrected chi connectivity index (χ2v) is 10.6. The minimum atomic E-state index is -0.282. The maximum Gasteiger partial charge on any atom is 0.264 e. The number of aromatic nitrogens is 4. The predicted molar refractivity (Wildman–Crippen MR) is 147 cm³/mol. The van der Waals surface area contributed by atoms with Gasteiger partial charge in [0.15, 0.2) is 13.2 Å². The van der Waals surface area contributed by atoms with Crippen LogP contribution in [0.1, 0.15) is 34.0 Å². The molecule has 0 fully saturated rings. The topological polar surface area (TPSA) is 128 Å². The van der Waals surface area contributed by atoms with Crippen LogP contribution in [-0.4, -0.2) is 45.4 Å². The highest BCUT2D eigenvalue weighted by Crippen LogP contribution is 2.20. The summed E-state index contributed by atoms with van der Waals surface area (Å²) in [6, 6.07) is 15.1. The van der Waals surface area contributed by atoms with Gasteiger partial charge >= 0.3 is 0 Å². The Hall–Kier alpha value is -3.90. The van der Waals surface area contributed by atoms with Gasteiger partial charge in [-0.2, -0.15) is 0 Å². The Morgan fingerprint density at radius 3 is 1.58 bits per heavy atom. The van der Waals surface area contributed by atoms with Crippen molar-refractivity contribution in [3.8, 4) is 11.5 Å². The Morgan fingerprint density at radius 1 is 0.711 bits per heavy atom. The molecule has 2 aromatic carbocycles. The molecule has 0 radical (unpaired) electrons. The van der Waals surface area contributed by atoms with E-state index in [1.165, 1.54) is 22.7 Å². The molecule has 0 atom stereocenters. The molecule has 0 unspecified atom stereocenters. The Morgan fingerprint density at radius 2 is 1.16 bits per heavy atom. The fourth-order valence-corrected chi connectivity index (χ4v) is 4.98. The molecule has 0 saturated heterocycles. The first-order valence-corrected chi connectivity index (χ1v) is 13.7. The van der Waals surface area contributed by atoms with Gasteiger partial charge in [0, 0.05) is 12.8 Å². The Bertz CT molecular complexity index is 1270. The van der Waals surface area contributed by atoms with E-state index in [0.717, 1.165) is 46.8 Å². The summed E-state index contributed by atoms with van der Waals surface area (Å²) in [5, 5.41) is 24.4. The lowest BCUT2D eigenvalue weighted by Gasteiger charge is -2.06. The zero-order valence-electron chi connectivity index (χ0n) is 21.1. The number of unbranched alkanes of at least 4 members (excludes halogenated alkanes) is 1. The highest BCUT2D eigenvalue weighted by atomic mass is 32.1. The van der Waals surface area contributed by atoms with Crippen molar-refractivity contribution in [3.63, 3.8) is 0 Å². The molecule has 2 aromatic heterocycles. The van der Waals surface area contributed by atoms with Gasteiger partial charge in [0.05, 0.1) is 0 Å². The first kappa shape index (κ1) is 27.1. The Labute approximate surface area is 228 Å².